The number of H-pyrrole nitrogens is 1. The van der Waals surface area contributed by atoms with Crippen molar-refractivity contribution in [1.29, 1.82) is 0 Å². The van der Waals surface area contributed by atoms with Gasteiger partial charge in [-0.2, -0.15) is 0 Å². The lowest BCUT2D eigenvalue weighted by Crippen LogP contribution is -2.37. The van der Waals surface area contributed by atoms with Gasteiger partial charge in [-0.1, -0.05) is 43.7 Å². The molecular weight excluding hydrogens is 408 g/mol. The summed E-state index contributed by atoms with van der Waals surface area (Å²) in [6.45, 7) is 2.40. The van der Waals surface area contributed by atoms with Crippen LogP contribution >= 0.6 is 11.6 Å². The molecule has 1 amide bonds. The topological polar surface area (TPSA) is 49.0 Å². The van der Waals surface area contributed by atoms with Gasteiger partial charge in [-0.15, -0.1) is 11.6 Å². The van der Waals surface area contributed by atoms with Gasteiger partial charge in [0.15, 0.2) is 11.6 Å². The van der Waals surface area contributed by atoms with Crippen LogP contribution in [0.25, 0.3) is 11.0 Å². The molecule has 2 aromatic carbocycles. The third kappa shape index (κ3) is 4.87. The van der Waals surface area contributed by atoms with Crippen LogP contribution in [0.1, 0.15) is 48.4 Å². The minimum atomic E-state index is -1.14. The molecule has 0 saturated heterocycles. The molecule has 0 bridgehead atoms. The molecule has 0 fully saturated rings. The van der Waals surface area contributed by atoms with Crippen molar-refractivity contribution in [3.05, 3.63) is 77.6 Å². The number of nitrogens with one attached hydrogen (secondary N) is 1. The molecule has 3 rings (SSSR count). The minimum Gasteiger partial charge on any atom is -0.340 e. The highest BCUT2D eigenvalue weighted by atomic mass is 35.5. The Morgan fingerprint density at radius 1 is 1.20 bits per heavy atom. The first-order valence-electron chi connectivity index (χ1n) is 9.97. The van der Waals surface area contributed by atoms with Crippen molar-refractivity contribution in [2.75, 3.05) is 12.4 Å². The standard InChI is InChI=1S/C23H24ClF2N3O/c1-2-3-15-29(23(30)16-9-8-10-17(25)21(16)26)20(13-6-7-14-24)22-27-18-11-4-5-12-19(18)28-22/h4-12,20H,2-3,13-15H2,1H3,(H,27,28)/b7-6+. The first kappa shape index (κ1) is 22.0. The van der Waals surface area contributed by atoms with Crippen molar-refractivity contribution in [2.24, 2.45) is 0 Å². The maximum absolute atomic E-state index is 14.4. The molecule has 3 aromatic rings. The lowest BCUT2D eigenvalue weighted by molar-refractivity contribution is 0.0660. The minimum absolute atomic E-state index is 0.284. The van der Waals surface area contributed by atoms with E-state index in [1.165, 1.54) is 12.1 Å². The van der Waals surface area contributed by atoms with Crippen LogP contribution in [0.3, 0.4) is 0 Å². The number of aromatic nitrogens is 2. The molecule has 7 heteroatoms. The number of rotatable bonds is 9. The molecule has 1 heterocycles. The summed E-state index contributed by atoms with van der Waals surface area (Å²) in [5, 5.41) is 0. The number of allylic oxidation sites excluding steroid dienone is 1. The van der Waals surface area contributed by atoms with Crippen LogP contribution in [0.4, 0.5) is 8.78 Å². The summed E-state index contributed by atoms with van der Waals surface area (Å²) >= 11 is 5.77. The van der Waals surface area contributed by atoms with Crippen LogP contribution in [0.15, 0.2) is 54.6 Å². The fourth-order valence-electron chi connectivity index (χ4n) is 3.36. The molecule has 0 saturated carbocycles. The lowest BCUT2D eigenvalue weighted by Gasteiger charge is -2.30. The second kappa shape index (κ2) is 10.3. The number of carbonyl (C=O) groups is 1. The molecule has 1 unspecified atom stereocenters. The van der Waals surface area contributed by atoms with E-state index in [2.05, 4.69) is 9.97 Å². The van der Waals surface area contributed by atoms with Crippen molar-refractivity contribution >= 4 is 28.5 Å². The third-order valence-electron chi connectivity index (χ3n) is 4.91. The molecule has 0 radical (unpaired) electrons. The monoisotopic (exact) mass is 431 g/mol. The molecule has 1 N–H and O–H groups in total. The summed E-state index contributed by atoms with van der Waals surface area (Å²) in [6, 6.07) is 10.7. The van der Waals surface area contributed by atoms with E-state index in [0.717, 1.165) is 29.9 Å². The second-order valence-corrected chi connectivity index (χ2v) is 7.28. The maximum atomic E-state index is 14.4. The van der Waals surface area contributed by atoms with Crippen LogP contribution in [0.5, 0.6) is 0 Å². The number of hydrogen-bond donors (Lipinski definition) is 1. The Kier molecular flexibility index (Phi) is 7.57. The quantitative estimate of drug-likeness (QED) is 0.333. The van der Waals surface area contributed by atoms with E-state index in [4.69, 9.17) is 11.6 Å². The van der Waals surface area contributed by atoms with Crippen molar-refractivity contribution < 1.29 is 13.6 Å². The summed E-state index contributed by atoms with van der Waals surface area (Å²) in [6.07, 6.45) is 5.68. The maximum Gasteiger partial charge on any atom is 0.257 e. The zero-order valence-electron chi connectivity index (χ0n) is 16.7. The van der Waals surface area contributed by atoms with Crippen molar-refractivity contribution in [1.82, 2.24) is 14.9 Å². The van der Waals surface area contributed by atoms with Gasteiger partial charge in [-0.25, -0.2) is 13.8 Å². The molecule has 30 heavy (non-hydrogen) atoms. The Bertz CT molecular complexity index is 1000. The highest BCUT2D eigenvalue weighted by molar-refractivity contribution is 6.18. The summed E-state index contributed by atoms with van der Waals surface area (Å²) in [7, 11) is 0. The molecule has 0 spiro atoms. The Morgan fingerprint density at radius 2 is 2.00 bits per heavy atom. The van der Waals surface area contributed by atoms with E-state index in [-0.39, 0.29) is 5.56 Å². The Morgan fingerprint density at radius 3 is 2.73 bits per heavy atom. The largest absolute Gasteiger partial charge is 0.340 e. The highest BCUT2D eigenvalue weighted by Crippen LogP contribution is 2.28. The SMILES string of the molecule is CCCCN(C(=O)c1cccc(F)c1F)C(C/C=C/CCl)c1nc2ccccc2[nH]1. The van der Waals surface area contributed by atoms with E-state index in [9.17, 15) is 13.6 Å². The van der Waals surface area contributed by atoms with Crippen molar-refractivity contribution in [3.63, 3.8) is 0 Å². The van der Waals surface area contributed by atoms with Gasteiger partial charge in [0.05, 0.1) is 22.6 Å². The molecule has 1 aromatic heterocycles. The fraction of sp³-hybridized carbons (Fsp3) is 0.304. The number of alkyl halides is 1. The van der Waals surface area contributed by atoms with Gasteiger partial charge in [0, 0.05) is 12.4 Å². The Balaban J connectivity index is 2.05. The normalized spacial score (nSPS) is 12.5. The average Bonchev–Trinajstić information content (AvgIpc) is 3.18. The molecule has 0 aliphatic carbocycles. The van der Waals surface area contributed by atoms with Crippen LogP contribution in [-0.2, 0) is 0 Å². The van der Waals surface area contributed by atoms with Crippen LogP contribution < -0.4 is 0 Å². The fourth-order valence-corrected chi connectivity index (χ4v) is 3.48. The van der Waals surface area contributed by atoms with Crippen molar-refractivity contribution in [3.8, 4) is 0 Å². The van der Waals surface area contributed by atoms with Crippen LogP contribution in [0, 0.1) is 11.6 Å². The molecular formula is C23H24ClF2N3O. The van der Waals surface area contributed by atoms with Crippen LogP contribution in [-0.4, -0.2) is 33.2 Å². The predicted molar refractivity (Wildman–Crippen MR) is 116 cm³/mol. The smallest absolute Gasteiger partial charge is 0.257 e. The molecule has 0 aliphatic rings. The van der Waals surface area contributed by atoms with E-state index >= 15 is 0 Å². The van der Waals surface area contributed by atoms with Gasteiger partial charge in [-0.3, -0.25) is 4.79 Å². The summed E-state index contributed by atoms with van der Waals surface area (Å²) < 4.78 is 28.2. The van der Waals surface area contributed by atoms with Gasteiger partial charge < -0.3 is 9.88 Å². The zero-order valence-corrected chi connectivity index (χ0v) is 17.5. The van der Waals surface area contributed by atoms with Gasteiger partial charge >= 0.3 is 0 Å². The number of carbonyl (C=O) groups excluding carboxylic acids is 1. The van der Waals surface area contributed by atoms with E-state index in [0.29, 0.717) is 24.7 Å². The number of halogens is 3. The van der Waals surface area contributed by atoms with E-state index in [1.807, 2.05) is 37.3 Å². The summed E-state index contributed by atoms with van der Waals surface area (Å²) in [5.74, 6) is -1.81. The lowest BCUT2D eigenvalue weighted by atomic mass is 10.1. The number of aromatic amines is 1. The Hall–Kier alpha value is -2.73. The van der Waals surface area contributed by atoms with Gasteiger partial charge in [0.25, 0.3) is 5.91 Å². The number of hydrogen-bond acceptors (Lipinski definition) is 2. The third-order valence-corrected chi connectivity index (χ3v) is 5.09. The molecule has 1 atom stereocenters. The first-order valence-corrected chi connectivity index (χ1v) is 10.5. The first-order chi connectivity index (χ1) is 14.6. The number of unbranched alkanes of at least 4 members (excludes halogenated alkanes) is 1. The summed E-state index contributed by atoms with van der Waals surface area (Å²) in [4.78, 5) is 22.8. The van der Waals surface area contributed by atoms with Gasteiger partial charge in [-0.05, 0) is 37.1 Å². The number of nitrogens with zero attached hydrogens (tertiary/aromatic N) is 2. The second-order valence-electron chi connectivity index (χ2n) is 6.97. The van der Waals surface area contributed by atoms with Crippen molar-refractivity contribution in [2.45, 2.75) is 32.2 Å². The number of fused-ring (bicyclic) bond motifs is 1. The van der Waals surface area contributed by atoms with E-state index in [1.54, 1.807) is 11.0 Å². The van der Waals surface area contributed by atoms with Gasteiger partial charge in [0.2, 0.25) is 0 Å². The molecule has 158 valence electrons. The number of benzene rings is 2. The number of amides is 1. The number of para-hydroxylation sites is 2. The molecule has 0 aliphatic heterocycles. The number of imidazole rings is 1. The average molecular weight is 432 g/mol. The van der Waals surface area contributed by atoms with Crippen LogP contribution in [0.2, 0.25) is 0 Å². The molecule has 4 nitrogen and oxygen atoms in total. The Labute approximate surface area is 179 Å². The van der Waals surface area contributed by atoms with Gasteiger partial charge in [0.1, 0.15) is 5.82 Å². The predicted octanol–water partition coefficient (Wildman–Crippen LogP) is 6.01. The highest BCUT2D eigenvalue weighted by Gasteiger charge is 2.29. The summed E-state index contributed by atoms with van der Waals surface area (Å²) in [5.41, 5.74) is 1.34. The van der Waals surface area contributed by atoms with E-state index < -0.39 is 23.6 Å². The zero-order chi connectivity index (χ0) is 21.5.